The van der Waals surface area contributed by atoms with E-state index in [2.05, 4.69) is 23.7 Å². The molecule has 0 aliphatic carbocycles. The van der Waals surface area contributed by atoms with Gasteiger partial charge < -0.3 is 5.11 Å². The van der Waals surface area contributed by atoms with Crippen LogP contribution in [0.25, 0.3) is 0 Å². The zero-order valence-electron chi connectivity index (χ0n) is 8.86. The summed E-state index contributed by atoms with van der Waals surface area (Å²) in [5.41, 5.74) is 1.28. The zero-order valence-corrected chi connectivity index (χ0v) is 9.67. The fourth-order valence-electron chi connectivity index (χ4n) is 1.98. The number of carbonyl (C=O) groups is 1. The molecule has 2 heterocycles. The largest absolute Gasteiger partial charge is 0.476 e. The molecule has 1 aliphatic heterocycles. The molecule has 1 aromatic heterocycles. The minimum absolute atomic E-state index is 0.185. The van der Waals surface area contributed by atoms with E-state index in [0.29, 0.717) is 5.41 Å². The first-order chi connectivity index (χ1) is 6.96. The number of aromatic nitrogens is 1. The Morgan fingerprint density at radius 1 is 1.67 bits per heavy atom. The Hall–Kier alpha value is -0.940. The average molecular weight is 226 g/mol. The first-order valence-electron chi connectivity index (χ1n) is 4.86. The van der Waals surface area contributed by atoms with Crippen LogP contribution in [0.4, 0.5) is 0 Å². The standard InChI is InChI=1S/C10H14N2O2S/c1-10(2)5-12(6-10)3-7-4-15-8(11-7)9(13)14/h4H,3,5-6H2,1-2H3,(H,13,14). The molecule has 2 rings (SSSR count). The third-order valence-electron chi connectivity index (χ3n) is 2.42. The van der Waals surface area contributed by atoms with E-state index in [0.717, 1.165) is 25.3 Å². The number of carboxylic acid groups (broad SMARTS) is 1. The molecule has 0 saturated carbocycles. The van der Waals surface area contributed by atoms with E-state index in [1.807, 2.05) is 5.38 Å². The number of thiazole rings is 1. The Bertz CT molecular complexity index is 379. The van der Waals surface area contributed by atoms with E-state index < -0.39 is 5.97 Å². The molecular formula is C10H14N2O2S. The maximum absolute atomic E-state index is 10.6. The Morgan fingerprint density at radius 3 is 2.80 bits per heavy atom. The van der Waals surface area contributed by atoms with Gasteiger partial charge in [0, 0.05) is 25.0 Å². The maximum atomic E-state index is 10.6. The molecule has 1 aromatic rings. The molecule has 4 nitrogen and oxygen atoms in total. The molecule has 0 unspecified atom stereocenters. The zero-order chi connectivity index (χ0) is 11.1. The number of aromatic carboxylic acids is 1. The van der Waals surface area contributed by atoms with Crippen LogP contribution in [0.5, 0.6) is 0 Å². The van der Waals surface area contributed by atoms with Gasteiger partial charge in [-0.2, -0.15) is 0 Å². The van der Waals surface area contributed by atoms with Gasteiger partial charge in [-0.1, -0.05) is 13.8 Å². The van der Waals surface area contributed by atoms with Crippen LogP contribution in [0.2, 0.25) is 0 Å². The third-order valence-corrected chi connectivity index (χ3v) is 3.30. The average Bonchev–Trinajstić information content (AvgIpc) is 2.49. The minimum atomic E-state index is -0.935. The molecule has 5 heteroatoms. The van der Waals surface area contributed by atoms with Crippen LogP contribution in [-0.4, -0.2) is 34.0 Å². The number of rotatable bonds is 3. The van der Waals surface area contributed by atoms with E-state index in [9.17, 15) is 4.79 Å². The van der Waals surface area contributed by atoms with Crippen molar-refractivity contribution < 1.29 is 9.90 Å². The van der Waals surface area contributed by atoms with Gasteiger partial charge in [0.2, 0.25) is 5.01 Å². The molecule has 0 radical (unpaired) electrons. The summed E-state index contributed by atoms with van der Waals surface area (Å²) in [5, 5.41) is 10.7. The molecule has 0 amide bonds. The number of carboxylic acids is 1. The van der Waals surface area contributed by atoms with Crippen LogP contribution in [0.1, 0.15) is 29.3 Å². The second kappa shape index (κ2) is 3.57. The van der Waals surface area contributed by atoms with Crippen molar-refractivity contribution in [3.63, 3.8) is 0 Å². The normalized spacial score (nSPS) is 19.9. The number of nitrogens with zero attached hydrogens (tertiary/aromatic N) is 2. The van der Waals surface area contributed by atoms with Gasteiger partial charge in [0.25, 0.3) is 0 Å². The molecule has 0 aromatic carbocycles. The molecule has 1 N–H and O–H groups in total. The van der Waals surface area contributed by atoms with Gasteiger partial charge in [-0.05, 0) is 5.41 Å². The second-order valence-corrected chi connectivity index (χ2v) is 5.62. The molecule has 0 atom stereocenters. The van der Waals surface area contributed by atoms with Crippen LogP contribution < -0.4 is 0 Å². The summed E-state index contributed by atoms with van der Waals surface area (Å²) in [5.74, 6) is -0.935. The molecular weight excluding hydrogens is 212 g/mol. The Kier molecular flexibility index (Phi) is 2.52. The summed E-state index contributed by atoms with van der Waals surface area (Å²) < 4.78 is 0. The smallest absolute Gasteiger partial charge is 0.365 e. The van der Waals surface area contributed by atoms with Gasteiger partial charge in [-0.3, -0.25) is 4.90 Å². The predicted molar refractivity (Wildman–Crippen MR) is 58.1 cm³/mol. The van der Waals surface area contributed by atoms with Crippen LogP contribution in [-0.2, 0) is 6.54 Å². The summed E-state index contributed by atoms with van der Waals surface area (Å²) in [6.07, 6.45) is 0. The first kappa shape index (κ1) is 10.6. The fraction of sp³-hybridized carbons (Fsp3) is 0.600. The van der Waals surface area contributed by atoms with Crippen molar-refractivity contribution in [2.75, 3.05) is 13.1 Å². The molecule has 1 aliphatic rings. The van der Waals surface area contributed by atoms with Crippen molar-refractivity contribution >= 4 is 17.3 Å². The quantitative estimate of drug-likeness (QED) is 0.852. The van der Waals surface area contributed by atoms with Gasteiger partial charge in [0.05, 0.1) is 5.69 Å². The minimum Gasteiger partial charge on any atom is -0.476 e. The molecule has 0 spiro atoms. The fourth-order valence-corrected chi connectivity index (χ4v) is 2.63. The SMILES string of the molecule is CC1(C)CN(Cc2csc(C(=O)O)n2)C1. The van der Waals surface area contributed by atoms with E-state index in [-0.39, 0.29) is 5.01 Å². The van der Waals surface area contributed by atoms with Crippen LogP contribution in [0.3, 0.4) is 0 Å². The highest BCUT2D eigenvalue weighted by atomic mass is 32.1. The highest BCUT2D eigenvalue weighted by Crippen LogP contribution is 2.29. The lowest BCUT2D eigenvalue weighted by Gasteiger charge is -2.45. The summed E-state index contributed by atoms with van der Waals surface area (Å²) in [6.45, 7) is 7.35. The topological polar surface area (TPSA) is 53.4 Å². The van der Waals surface area contributed by atoms with Crippen LogP contribution in [0, 0.1) is 5.41 Å². The van der Waals surface area contributed by atoms with E-state index in [1.54, 1.807) is 0 Å². The highest BCUT2D eigenvalue weighted by Gasteiger charge is 2.34. The molecule has 15 heavy (non-hydrogen) atoms. The van der Waals surface area contributed by atoms with Crippen molar-refractivity contribution in [1.82, 2.24) is 9.88 Å². The van der Waals surface area contributed by atoms with Gasteiger partial charge in [-0.15, -0.1) is 11.3 Å². The lowest BCUT2D eigenvalue weighted by Crippen LogP contribution is -2.52. The Balaban J connectivity index is 1.92. The first-order valence-corrected chi connectivity index (χ1v) is 5.74. The van der Waals surface area contributed by atoms with E-state index in [1.165, 1.54) is 11.3 Å². The van der Waals surface area contributed by atoms with Crippen LogP contribution in [0.15, 0.2) is 5.38 Å². The summed E-state index contributed by atoms with van der Waals surface area (Å²) in [4.78, 5) is 17.0. The number of hydrogen-bond acceptors (Lipinski definition) is 4. The molecule has 1 saturated heterocycles. The monoisotopic (exact) mass is 226 g/mol. The van der Waals surface area contributed by atoms with Crippen molar-refractivity contribution in [2.24, 2.45) is 5.41 Å². The Morgan fingerprint density at radius 2 is 2.33 bits per heavy atom. The van der Waals surface area contributed by atoms with Crippen molar-refractivity contribution in [2.45, 2.75) is 20.4 Å². The van der Waals surface area contributed by atoms with Crippen molar-refractivity contribution in [3.8, 4) is 0 Å². The predicted octanol–water partition coefficient (Wildman–Crippen LogP) is 1.68. The van der Waals surface area contributed by atoms with E-state index >= 15 is 0 Å². The van der Waals surface area contributed by atoms with Crippen molar-refractivity contribution in [1.29, 1.82) is 0 Å². The highest BCUT2D eigenvalue weighted by molar-refractivity contribution is 7.11. The van der Waals surface area contributed by atoms with Gasteiger partial charge in [-0.25, -0.2) is 9.78 Å². The third kappa shape index (κ3) is 2.35. The molecule has 1 fully saturated rings. The number of hydrogen-bond donors (Lipinski definition) is 1. The lowest BCUT2D eigenvalue weighted by molar-refractivity contribution is 0.0233. The maximum Gasteiger partial charge on any atom is 0.365 e. The Labute approximate surface area is 92.6 Å². The van der Waals surface area contributed by atoms with Crippen molar-refractivity contribution in [3.05, 3.63) is 16.1 Å². The summed E-state index contributed by atoms with van der Waals surface area (Å²) in [7, 11) is 0. The molecule has 0 bridgehead atoms. The van der Waals surface area contributed by atoms with Gasteiger partial charge >= 0.3 is 5.97 Å². The lowest BCUT2D eigenvalue weighted by atomic mass is 9.84. The van der Waals surface area contributed by atoms with E-state index in [4.69, 9.17) is 5.11 Å². The molecule has 82 valence electrons. The summed E-state index contributed by atoms with van der Waals surface area (Å²) >= 11 is 1.20. The second-order valence-electron chi connectivity index (χ2n) is 4.76. The number of likely N-dealkylation sites (tertiary alicyclic amines) is 1. The summed E-state index contributed by atoms with van der Waals surface area (Å²) in [6, 6.07) is 0. The van der Waals surface area contributed by atoms with Gasteiger partial charge in [0.1, 0.15) is 0 Å². The van der Waals surface area contributed by atoms with Crippen LogP contribution >= 0.6 is 11.3 Å². The van der Waals surface area contributed by atoms with Gasteiger partial charge in [0.15, 0.2) is 0 Å².